The molecule has 3 rings (SSSR count). The molecule has 1 aliphatic rings. The first-order chi connectivity index (χ1) is 10.2. The number of hydrogen-bond donors (Lipinski definition) is 2. The van der Waals surface area contributed by atoms with Crippen LogP contribution in [-0.4, -0.2) is 36.2 Å². The molecule has 2 aromatic rings. The second-order valence-corrected chi connectivity index (χ2v) is 7.33. The highest BCUT2D eigenvalue weighted by atomic mass is 79.9. The van der Waals surface area contributed by atoms with E-state index >= 15 is 0 Å². The van der Waals surface area contributed by atoms with Crippen LogP contribution in [0, 0.1) is 0 Å². The zero-order chi connectivity index (χ0) is 14.8. The molecule has 0 saturated carbocycles. The molecule has 112 valence electrons. The van der Waals surface area contributed by atoms with Gasteiger partial charge in [0.25, 0.3) is 0 Å². The molecule has 21 heavy (non-hydrogen) atoms. The van der Waals surface area contributed by atoms with E-state index in [2.05, 4.69) is 37.6 Å². The summed E-state index contributed by atoms with van der Waals surface area (Å²) < 4.78 is 0.886. The second kappa shape index (κ2) is 6.67. The molecule has 0 radical (unpaired) electrons. The summed E-state index contributed by atoms with van der Waals surface area (Å²) in [5.74, 6) is 0.178. The van der Waals surface area contributed by atoms with E-state index in [0.29, 0.717) is 5.02 Å². The molecule has 1 aromatic heterocycles. The number of aromatic hydroxyl groups is 1. The van der Waals surface area contributed by atoms with E-state index < -0.39 is 0 Å². The first-order valence-electron chi connectivity index (χ1n) is 6.83. The average molecular weight is 388 g/mol. The maximum absolute atomic E-state index is 10.4. The van der Waals surface area contributed by atoms with Gasteiger partial charge in [-0.05, 0) is 23.6 Å². The van der Waals surface area contributed by atoms with Gasteiger partial charge in [0.05, 0.1) is 11.1 Å². The lowest BCUT2D eigenvalue weighted by Gasteiger charge is -2.35. The highest BCUT2D eigenvalue weighted by Crippen LogP contribution is 2.41. The maximum atomic E-state index is 10.4. The minimum Gasteiger partial charge on any atom is -0.506 e. The quantitative estimate of drug-likeness (QED) is 0.839. The molecule has 1 saturated heterocycles. The average Bonchev–Trinajstić information content (AvgIpc) is 2.99. The van der Waals surface area contributed by atoms with Gasteiger partial charge in [-0.15, -0.1) is 11.3 Å². The van der Waals surface area contributed by atoms with Gasteiger partial charge in [-0.25, -0.2) is 0 Å². The Kier molecular flexibility index (Phi) is 4.86. The molecule has 0 amide bonds. The lowest BCUT2D eigenvalue weighted by Crippen LogP contribution is -2.45. The van der Waals surface area contributed by atoms with Crippen molar-refractivity contribution in [1.82, 2.24) is 10.2 Å². The Bertz CT molecular complexity index is 614. The van der Waals surface area contributed by atoms with Crippen LogP contribution >= 0.6 is 38.9 Å². The number of hydrogen-bond acceptors (Lipinski definition) is 4. The van der Waals surface area contributed by atoms with Crippen molar-refractivity contribution < 1.29 is 5.11 Å². The summed E-state index contributed by atoms with van der Waals surface area (Å²) >= 11 is 11.3. The summed E-state index contributed by atoms with van der Waals surface area (Å²) in [5, 5.41) is 16.3. The third-order valence-corrected chi connectivity index (χ3v) is 5.35. The molecule has 1 aliphatic heterocycles. The lowest BCUT2D eigenvalue weighted by molar-refractivity contribution is 0.198. The summed E-state index contributed by atoms with van der Waals surface area (Å²) in [6.45, 7) is 3.83. The molecule has 0 bridgehead atoms. The fourth-order valence-corrected chi connectivity index (χ4v) is 4.42. The molecule has 0 unspecified atom stereocenters. The minimum atomic E-state index is 0.0436. The summed E-state index contributed by atoms with van der Waals surface area (Å²) in [4.78, 5) is 3.61. The van der Waals surface area contributed by atoms with Crippen molar-refractivity contribution in [2.75, 3.05) is 26.2 Å². The van der Waals surface area contributed by atoms with Crippen LogP contribution in [0.4, 0.5) is 0 Å². The molecule has 1 atom stereocenters. The summed E-state index contributed by atoms with van der Waals surface area (Å²) in [7, 11) is 0. The van der Waals surface area contributed by atoms with Crippen LogP contribution in [0.2, 0.25) is 5.02 Å². The molecule has 1 fully saturated rings. The van der Waals surface area contributed by atoms with E-state index in [9.17, 15) is 5.11 Å². The number of halogens is 2. The lowest BCUT2D eigenvalue weighted by atomic mass is 10.0. The van der Waals surface area contributed by atoms with Gasteiger partial charge in [-0.3, -0.25) is 4.90 Å². The van der Waals surface area contributed by atoms with Gasteiger partial charge >= 0.3 is 0 Å². The fraction of sp³-hybridized carbons (Fsp3) is 0.333. The van der Waals surface area contributed by atoms with Crippen LogP contribution in [0.25, 0.3) is 0 Å². The normalized spacial score (nSPS) is 17.8. The number of rotatable bonds is 3. The topological polar surface area (TPSA) is 35.5 Å². The number of phenols is 1. The van der Waals surface area contributed by atoms with Crippen LogP contribution in [0.3, 0.4) is 0 Å². The Hall–Kier alpha value is -0.590. The van der Waals surface area contributed by atoms with E-state index in [1.165, 1.54) is 4.88 Å². The number of nitrogens with one attached hydrogen (secondary N) is 1. The third kappa shape index (κ3) is 3.27. The number of piperazine rings is 1. The fourth-order valence-electron chi connectivity index (χ4n) is 2.71. The predicted octanol–water partition coefficient (Wildman–Crippen LogP) is 3.86. The molecular formula is C15H16BrClN2OS. The van der Waals surface area contributed by atoms with Crippen LogP contribution in [0.15, 0.2) is 34.1 Å². The Morgan fingerprint density at radius 3 is 2.76 bits per heavy atom. The Morgan fingerprint density at radius 2 is 2.10 bits per heavy atom. The monoisotopic (exact) mass is 386 g/mol. The highest BCUT2D eigenvalue weighted by molar-refractivity contribution is 9.10. The molecule has 2 N–H and O–H groups in total. The maximum Gasteiger partial charge on any atom is 0.139 e. The van der Waals surface area contributed by atoms with Crippen molar-refractivity contribution in [1.29, 1.82) is 0 Å². The number of thiophene rings is 1. The number of phenolic OH excluding ortho intramolecular Hbond substituents is 1. The van der Waals surface area contributed by atoms with E-state index in [4.69, 9.17) is 11.6 Å². The van der Waals surface area contributed by atoms with Gasteiger partial charge in [0.2, 0.25) is 0 Å². The molecule has 0 spiro atoms. The van der Waals surface area contributed by atoms with Crippen LogP contribution in [0.5, 0.6) is 5.75 Å². The zero-order valence-electron chi connectivity index (χ0n) is 11.4. The minimum absolute atomic E-state index is 0.0436. The smallest absolute Gasteiger partial charge is 0.139 e. The Balaban J connectivity index is 2.07. The third-order valence-electron chi connectivity index (χ3n) is 3.68. The van der Waals surface area contributed by atoms with Crippen LogP contribution < -0.4 is 5.32 Å². The first-order valence-corrected chi connectivity index (χ1v) is 8.88. The summed E-state index contributed by atoms with van der Waals surface area (Å²) in [6, 6.07) is 7.90. The molecule has 1 aromatic carbocycles. The van der Waals surface area contributed by atoms with E-state index in [1.54, 1.807) is 17.4 Å². The number of nitrogens with zero attached hydrogens (tertiary/aromatic N) is 1. The molecule has 0 aliphatic carbocycles. The zero-order valence-corrected chi connectivity index (χ0v) is 14.5. The van der Waals surface area contributed by atoms with Gasteiger partial charge in [0.1, 0.15) is 5.75 Å². The van der Waals surface area contributed by atoms with Gasteiger partial charge in [-0.2, -0.15) is 0 Å². The van der Waals surface area contributed by atoms with Crippen molar-refractivity contribution in [3.8, 4) is 5.75 Å². The molecule has 6 heteroatoms. The van der Waals surface area contributed by atoms with E-state index in [-0.39, 0.29) is 11.8 Å². The van der Waals surface area contributed by atoms with Crippen LogP contribution in [-0.2, 0) is 0 Å². The van der Waals surface area contributed by atoms with Crippen molar-refractivity contribution in [3.63, 3.8) is 0 Å². The first kappa shape index (κ1) is 15.3. The van der Waals surface area contributed by atoms with Crippen molar-refractivity contribution in [3.05, 3.63) is 49.6 Å². The Labute approximate surface area is 141 Å². The molecular weight excluding hydrogens is 372 g/mol. The number of benzene rings is 1. The van der Waals surface area contributed by atoms with Crippen LogP contribution in [0.1, 0.15) is 16.5 Å². The second-order valence-electron chi connectivity index (χ2n) is 5.03. The van der Waals surface area contributed by atoms with Crippen molar-refractivity contribution in [2.24, 2.45) is 0 Å². The van der Waals surface area contributed by atoms with Crippen molar-refractivity contribution >= 4 is 38.9 Å². The summed E-state index contributed by atoms with van der Waals surface area (Å²) in [5.41, 5.74) is 0.860. The van der Waals surface area contributed by atoms with Crippen molar-refractivity contribution in [2.45, 2.75) is 6.04 Å². The largest absolute Gasteiger partial charge is 0.506 e. The van der Waals surface area contributed by atoms with Gasteiger partial charge in [0, 0.05) is 41.1 Å². The summed E-state index contributed by atoms with van der Waals surface area (Å²) in [6.07, 6.45) is 0. The molecule has 2 heterocycles. The van der Waals surface area contributed by atoms with Gasteiger partial charge in [-0.1, -0.05) is 33.6 Å². The Morgan fingerprint density at radius 1 is 1.33 bits per heavy atom. The highest BCUT2D eigenvalue weighted by Gasteiger charge is 2.28. The predicted molar refractivity (Wildman–Crippen MR) is 91.4 cm³/mol. The molecule has 3 nitrogen and oxygen atoms in total. The van der Waals surface area contributed by atoms with E-state index in [0.717, 1.165) is 36.2 Å². The standard InChI is InChI=1S/C15H16BrClN2OS/c16-10-8-11(15(20)12(17)9-10)14(13-2-1-7-21-13)19-5-3-18-4-6-19/h1-2,7-9,14,18,20H,3-6H2/t14-/m1/s1. The van der Waals surface area contributed by atoms with Gasteiger partial charge < -0.3 is 10.4 Å². The SMILES string of the molecule is Oc1c(Cl)cc(Br)cc1[C@H](c1cccs1)N1CCNCC1. The van der Waals surface area contributed by atoms with Gasteiger partial charge in [0.15, 0.2) is 0 Å². The van der Waals surface area contributed by atoms with E-state index in [1.807, 2.05) is 12.1 Å².